The molecule has 1 aromatic heterocycles. The molecule has 0 fully saturated rings. The van der Waals surface area contributed by atoms with Gasteiger partial charge in [0, 0.05) is 35.8 Å². The summed E-state index contributed by atoms with van der Waals surface area (Å²) in [5, 5.41) is 12.1. The largest absolute Gasteiger partial charge is 0.507 e. The average Bonchev–Trinajstić information content (AvgIpc) is 3.27. The molecule has 6 heteroatoms. The molecule has 6 nitrogen and oxygen atoms in total. The van der Waals surface area contributed by atoms with Crippen molar-refractivity contribution in [1.82, 2.24) is 14.8 Å². The smallest absolute Gasteiger partial charge is 0.188 e. The Bertz CT molecular complexity index is 1130. The minimum absolute atomic E-state index is 0.0195. The fourth-order valence-corrected chi connectivity index (χ4v) is 4.03. The van der Waals surface area contributed by atoms with Gasteiger partial charge in [0.25, 0.3) is 0 Å². The second kappa shape index (κ2) is 8.05. The number of phenolic OH excluding ortho intramolecular Hbond substituents is 1. The first-order valence-electron chi connectivity index (χ1n) is 10.2. The number of H-pyrrole nitrogens is 1. The number of allylic oxidation sites excluding steroid dienone is 4. The summed E-state index contributed by atoms with van der Waals surface area (Å²) in [6.45, 7) is 1.69. The summed E-state index contributed by atoms with van der Waals surface area (Å²) in [6.07, 6.45) is 8.69. The van der Waals surface area contributed by atoms with E-state index in [4.69, 9.17) is 4.99 Å². The van der Waals surface area contributed by atoms with Gasteiger partial charge in [-0.15, -0.1) is 0 Å². The summed E-state index contributed by atoms with van der Waals surface area (Å²) < 4.78 is 0. The third kappa shape index (κ3) is 3.64. The minimum atomic E-state index is -0.0195. The summed E-state index contributed by atoms with van der Waals surface area (Å²) in [4.78, 5) is 24.9. The van der Waals surface area contributed by atoms with E-state index in [0.717, 1.165) is 41.5 Å². The SMILES string of the molecule is CN(C)CCC1=C2C(=O)C=CC=C2N=C1c1ccc2[nH]cc(CCN(C)C)c2c1O. The lowest BCUT2D eigenvalue weighted by molar-refractivity contribution is -0.111. The molecule has 156 valence electrons. The number of aliphatic imine (C=N–C) groups is 1. The molecule has 0 saturated carbocycles. The molecule has 1 aliphatic heterocycles. The van der Waals surface area contributed by atoms with Gasteiger partial charge in [0.1, 0.15) is 5.75 Å². The van der Waals surface area contributed by atoms with Crippen LogP contribution in [-0.4, -0.2) is 72.7 Å². The predicted octanol–water partition coefficient (Wildman–Crippen LogP) is 3.05. The maximum Gasteiger partial charge on any atom is 0.188 e. The average molecular weight is 405 g/mol. The first kappa shape index (κ1) is 20.3. The molecule has 0 atom stereocenters. The standard InChI is InChI=1S/C24H28N4O2/c1-27(2)12-10-15-14-25-18-9-8-17(24(30)21(15)18)23-16(11-13-28(3)4)22-19(26-23)6-5-7-20(22)29/h5-9,14,25,30H,10-13H2,1-4H3. The summed E-state index contributed by atoms with van der Waals surface area (Å²) >= 11 is 0. The van der Waals surface area contributed by atoms with Crippen molar-refractivity contribution < 1.29 is 9.90 Å². The van der Waals surface area contributed by atoms with E-state index in [9.17, 15) is 9.90 Å². The second-order valence-corrected chi connectivity index (χ2v) is 8.39. The number of aromatic amines is 1. The number of phenols is 1. The number of nitrogens with one attached hydrogen (secondary N) is 1. The third-order valence-electron chi connectivity index (χ3n) is 5.62. The van der Waals surface area contributed by atoms with E-state index in [1.54, 1.807) is 12.2 Å². The Morgan fingerprint density at radius 1 is 1.07 bits per heavy atom. The van der Waals surface area contributed by atoms with Crippen molar-refractivity contribution in [2.45, 2.75) is 12.8 Å². The van der Waals surface area contributed by atoms with Gasteiger partial charge >= 0.3 is 0 Å². The van der Waals surface area contributed by atoms with Crippen LogP contribution in [0.2, 0.25) is 0 Å². The van der Waals surface area contributed by atoms with E-state index < -0.39 is 0 Å². The van der Waals surface area contributed by atoms with E-state index in [1.165, 1.54) is 0 Å². The number of nitrogens with zero attached hydrogens (tertiary/aromatic N) is 3. The van der Waals surface area contributed by atoms with Crippen LogP contribution in [0.3, 0.4) is 0 Å². The van der Waals surface area contributed by atoms with Gasteiger partial charge in [-0.05, 0) is 76.5 Å². The molecule has 2 aromatic rings. The van der Waals surface area contributed by atoms with Crippen LogP contribution in [0.4, 0.5) is 0 Å². The molecule has 0 spiro atoms. The van der Waals surface area contributed by atoms with Crippen LogP contribution in [0.25, 0.3) is 10.9 Å². The number of hydrogen-bond donors (Lipinski definition) is 2. The van der Waals surface area contributed by atoms with Gasteiger partial charge in [0.05, 0.1) is 17.0 Å². The predicted molar refractivity (Wildman–Crippen MR) is 121 cm³/mol. The molecule has 30 heavy (non-hydrogen) atoms. The number of fused-ring (bicyclic) bond motifs is 2. The molecule has 2 N–H and O–H groups in total. The van der Waals surface area contributed by atoms with Crippen LogP contribution in [0.15, 0.2) is 58.4 Å². The van der Waals surface area contributed by atoms with Crippen molar-refractivity contribution in [2.75, 3.05) is 41.3 Å². The van der Waals surface area contributed by atoms with Crippen LogP contribution in [-0.2, 0) is 11.2 Å². The molecule has 1 aliphatic carbocycles. The van der Waals surface area contributed by atoms with E-state index in [-0.39, 0.29) is 11.5 Å². The van der Waals surface area contributed by atoms with Gasteiger partial charge in [-0.25, -0.2) is 4.99 Å². The number of rotatable bonds is 7. The molecule has 1 aromatic carbocycles. The number of carbonyl (C=O) groups excluding carboxylic acids is 1. The fourth-order valence-electron chi connectivity index (χ4n) is 4.03. The topological polar surface area (TPSA) is 71.9 Å². The van der Waals surface area contributed by atoms with Gasteiger partial charge < -0.3 is 19.9 Å². The highest BCUT2D eigenvalue weighted by Crippen LogP contribution is 2.39. The maximum absolute atomic E-state index is 12.6. The van der Waals surface area contributed by atoms with Crippen LogP contribution < -0.4 is 0 Å². The second-order valence-electron chi connectivity index (χ2n) is 8.39. The first-order chi connectivity index (χ1) is 14.4. The number of likely N-dealkylation sites (N-methyl/N-ethyl adjacent to an activating group) is 1. The van der Waals surface area contributed by atoms with Gasteiger partial charge in [0.15, 0.2) is 5.78 Å². The van der Waals surface area contributed by atoms with Crippen molar-refractivity contribution in [3.05, 3.63) is 64.5 Å². The first-order valence-corrected chi connectivity index (χ1v) is 10.2. The molecule has 0 unspecified atom stereocenters. The molecular formula is C24H28N4O2. The Kier molecular flexibility index (Phi) is 5.45. The monoisotopic (exact) mass is 404 g/mol. The third-order valence-corrected chi connectivity index (χ3v) is 5.62. The molecule has 2 heterocycles. The molecule has 0 bridgehead atoms. The van der Waals surface area contributed by atoms with Gasteiger partial charge in [-0.2, -0.15) is 0 Å². The summed E-state index contributed by atoms with van der Waals surface area (Å²) in [6, 6.07) is 3.88. The Labute approximate surface area is 176 Å². The van der Waals surface area contributed by atoms with E-state index in [0.29, 0.717) is 29.0 Å². The highest BCUT2D eigenvalue weighted by atomic mass is 16.3. The van der Waals surface area contributed by atoms with Crippen molar-refractivity contribution in [2.24, 2.45) is 4.99 Å². The zero-order valence-electron chi connectivity index (χ0n) is 18.0. The van der Waals surface area contributed by atoms with E-state index in [1.807, 2.05) is 52.6 Å². The van der Waals surface area contributed by atoms with Gasteiger partial charge in [-0.1, -0.05) is 6.08 Å². The van der Waals surface area contributed by atoms with Crippen LogP contribution in [0.1, 0.15) is 17.5 Å². The van der Waals surface area contributed by atoms with Crippen molar-refractivity contribution >= 4 is 22.4 Å². The molecule has 0 saturated heterocycles. The van der Waals surface area contributed by atoms with Crippen LogP contribution >= 0.6 is 0 Å². The maximum atomic E-state index is 12.6. The number of aromatic nitrogens is 1. The zero-order chi connectivity index (χ0) is 21.4. The Hall–Kier alpha value is -2.96. The van der Waals surface area contributed by atoms with E-state index in [2.05, 4.69) is 14.8 Å². The van der Waals surface area contributed by atoms with Crippen molar-refractivity contribution in [3.8, 4) is 5.75 Å². The number of carbonyl (C=O) groups is 1. The molecular weight excluding hydrogens is 376 g/mol. The Balaban J connectivity index is 1.81. The number of ketones is 1. The highest BCUT2D eigenvalue weighted by Gasteiger charge is 2.31. The Morgan fingerprint density at radius 3 is 2.53 bits per heavy atom. The van der Waals surface area contributed by atoms with Gasteiger partial charge in [0.2, 0.25) is 0 Å². The molecule has 0 radical (unpaired) electrons. The van der Waals surface area contributed by atoms with Gasteiger partial charge in [-0.3, -0.25) is 4.79 Å². The lowest BCUT2D eigenvalue weighted by Gasteiger charge is -2.15. The fraction of sp³-hybridized carbons (Fsp3) is 0.333. The molecule has 4 rings (SSSR count). The summed E-state index contributed by atoms with van der Waals surface area (Å²) in [5.41, 5.74) is 5.62. The van der Waals surface area contributed by atoms with E-state index >= 15 is 0 Å². The highest BCUT2D eigenvalue weighted by molar-refractivity contribution is 6.25. The summed E-state index contributed by atoms with van der Waals surface area (Å²) in [7, 11) is 8.10. The number of aromatic hydroxyl groups is 1. The summed E-state index contributed by atoms with van der Waals surface area (Å²) in [5.74, 6) is 0.206. The lowest BCUT2D eigenvalue weighted by Crippen LogP contribution is -2.17. The molecule has 2 aliphatic rings. The van der Waals surface area contributed by atoms with Crippen molar-refractivity contribution in [3.63, 3.8) is 0 Å². The Morgan fingerprint density at radius 2 is 1.80 bits per heavy atom. The normalized spacial score (nSPS) is 16.1. The number of benzene rings is 1. The minimum Gasteiger partial charge on any atom is -0.507 e. The number of hydrogen-bond acceptors (Lipinski definition) is 5. The van der Waals surface area contributed by atoms with Crippen LogP contribution in [0.5, 0.6) is 5.75 Å². The zero-order valence-corrected chi connectivity index (χ0v) is 18.0. The van der Waals surface area contributed by atoms with Crippen LogP contribution in [0, 0.1) is 0 Å². The van der Waals surface area contributed by atoms with Crippen molar-refractivity contribution in [1.29, 1.82) is 0 Å². The molecule has 0 amide bonds. The lowest BCUT2D eigenvalue weighted by atomic mass is 9.91. The quantitative estimate of drug-likeness (QED) is 0.744.